The van der Waals surface area contributed by atoms with Gasteiger partial charge in [-0.2, -0.15) is 0 Å². The lowest BCUT2D eigenvalue weighted by atomic mass is 9.90. The molecule has 3 aromatic rings. The molecular weight excluding hydrogens is 378 g/mol. The van der Waals surface area contributed by atoms with E-state index in [0.29, 0.717) is 6.54 Å². The first-order chi connectivity index (χ1) is 14.6. The van der Waals surface area contributed by atoms with Crippen LogP contribution in [0, 0.1) is 0 Å². The minimum atomic E-state index is -0.932. The lowest BCUT2D eigenvalue weighted by molar-refractivity contribution is -0.139. The highest BCUT2D eigenvalue weighted by molar-refractivity contribution is 5.80. The van der Waals surface area contributed by atoms with Crippen molar-refractivity contribution in [1.29, 1.82) is 0 Å². The van der Waals surface area contributed by atoms with E-state index in [-0.39, 0.29) is 19.1 Å². The highest BCUT2D eigenvalue weighted by Crippen LogP contribution is 2.44. The Hall–Kier alpha value is -3.60. The molecule has 3 aromatic carbocycles. The zero-order valence-electron chi connectivity index (χ0n) is 16.3. The van der Waals surface area contributed by atoms with Gasteiger partial charge in [0.1, 0.15) is 6.61 Å². The molecule has 0 bridgehead atoms. The van der Waals surface area contributed by atoms with Crippen LogP contribution in [0.1, 0.15) is 34.1 Å². The van der Waals surface area contributed by atoms with E-state index in [1.54, 1.807) is 0 Å². The first-order valence-electron chi connectivity index (χ1n) is 10.0. The molecule has 5 rings (SSSR count). The molecule has 1 amide bonds. The first kappa shape index (κ1) is 18.4. The number of carbonyl (C=O) groups excluding carboxylic acids is 1. The number of carbonyl (C=O) groups is 2. The number of hydrogen-bond donors (Lipinski definition) is 1. The number of ether oxygens (including phenoxy) is 1. The van der Waals surface area contributed by atoms with Gasteiger partial charge in [0.05, 0.1) is 5.92 Å². The van der Waals surface area contributed by atoms with Gasteiger partial charge in [-0.1, -0.05) is 72.8 Å². The van der Waals surface area contributed by atoms with Crippen molar-refractivity contribution in [2.45, 2.75) is 18.4 Å². The molecule has 5 nitrogen and oxygen atoms in total. The van der Waals surface area contributed by atoms with Crippen molar-refractivity contribution in [3.8, 4) is 11.1 Å². The molecule has 30 heavy (non-hydrogen) atoms. The molecule has 0 aromatic heterocycles. The number of carboxylic acids is 1. The Morgan fingerprint density at radius 1 is 0.867 bits per heavy atom. The van der Waals surface area contributed by atoms with Gasteiger partial charge in [-0.15, -0.1) is 0 Å². The van der Waals surface area contributed by atoms with Crippen molar-refractivity contribution in [1.82, 2.24) is 4.90 Å². The fourth-order valence-electron chi connectivity index (χ4n) is 4.64. The molecular formula is C25H21NO4. The fourth-order valence-corrected chi connectivity index (χ4v) is 4.64. The largest absolute Gasteiger partial charge is 0.481 e. The Morgan fingerprint density at radius 3 is 2.07 bits per heavy atom. The van der Waals surface area contributed by atoms with Crippen LogP contribution in [0.4, 0.5) is 4.79 Å². The van der Waals surface area contributed by atoms with Crippen molar-refractivity contribution in [3.63, 3.8) is 0 Å². The van der Waals surface area contributed by atoms with Crippen LogP contribution in [-0.4, -0.2) is 35.2 Å². The molecule has 1 heterocycles. The van der Waals surface area contributed by atoms with E-state index in [2.05, 4.69) is 24.3 Å². The molecule has 0 saturated carbocycles. The second-order valence-corrected chi connectivity index (χ2v) is 7.77. The zero-order valence-corrected chi connectivity index (χ0v) is 16.3. The summed E-state index contributed by atoms with van der Waals surface area (Å²) in [6, 6.07) is 23.7. The Morgan fingerprint density at radius 2 is 1.43 bits per heavy atom. The van der Waals surface area contributed by atoms with Gasteiger partial charge in [0.25, 0.3) is 0 Å². The van der Waals surface area contributed by atoms with Crippen molar-refractivity contribution < 1.29 is 19.4 Å². The Balaban J connectivity index is 1.35. The maximum absolute atomic E-state index is 12.9. The standard InChI is InChI=1S/C25H21NO4/c27-24(28)22-14-26(13-16-7-1-2-8-17(16)22)25(29)30-15-23-20-11-5-3-9-18(20)19-10-4-6-12-21(19)23/h1-12,22-23H,13-15H2,(H,27,28)/t22-/m1/s1. The number of nitrogens with zero attached hydrogens (tertiary/aromatic N) is 1. The van der Waals surface area contributed by atoms with Crippen LogP contribution in [0.25, 0.3) is 11.1 Å². The van der Waals surface area contributed by atoms with Crippen LogP contribution in [0.5, 0.6) is 0 Å². The average molecular weight is 399 g/mol. The van der Waals surface area contributed by atoms with E-state index in [9.17, 15) is 14.7 Å². The highest BCUT2D eigenvalue weighted by atomic mass is 16.6. The van der Waals surface area contributed by atoms with Crippen molar-refractivity contribution >= 4 is 12.1 Å². The zero-order chi connectivity index (χ0) is 20.7. The number of fused-ring (bicyclic) bond motifs is 4. The number of hydrogen-bond acceptors (Lipinski definition) is 3. The van der Waals surface area contributed by atoms with E-state index in [0.717, 1.165) is 22.3 Å². The third-order valence-electron chi connectivity index (χ3n) is 6.09. The monoisotopic (exact) mass is 399 g/mol. The van der Waals surface area contributed by atoms with Gasteiger partial charge in [0, 0.05) is 19.0 Å². The third-order valence-corrected chi connectivity index (χ3v) is 6.09. The van der Waals surface area contributed by atoms with Crippen molar-refractivity contribution in [2.24, 2.45) is 0 Å². The lowest BCUT2D eigenvalue weighted by Gasteiger charge is -2.32. The fraction of sp³-hybridized carbons (Fsp3) is 0.200. The normalized spacial score (nSPS) is 17.1. The molecule has 1 N–H and O–H groups in total. The van der Waals surface area contributed by atoms with E-state index >= 15 is 0 Å². The SMILES string of the molecule is O=C(O)[C@@H]1CN(C(=O)OCC2c3ccccc3-c3ccccc32)Cc2ccccc21. The molecule has 0 saturated heterocycles. The summed E-state index contributed by atoms with van der Waals surface area (Å²) < 4.78 is 5.72. The first-order valence-corrected chi connectivity index (χ1v) is 10.0. The molecule has 5 heteroatoms. The number of carboxylic acid groups (broad SMARTS) is 1. The molecule has 2 aliphatic rings. The van der Waals surface area contributed by atoms with E-state index in [1.165, 1.54) is 16.0 Å². The van der Waals surface area contributed by atoms with Crippen LogP contribution in [-0.2, 0) is 16.1 Å². The van der Waals surface area contributed by atoms with Gasteiger partial charge in [-0.05, 0) is 33.4 Å². The van der Waals surface area contributed by atoms with Crippen LogP contribution in [0.2, 0.25) is 0 Å². The summed E-state index contributed by atoms with van der Waals surface area (Å²) >= 11 is 0. The predicted molar refractivity (Wildman–Crippen MR) is 112 cm³/mol. The van der Waals surface area contributed by atoms with Gasteiger partial charge >= 0.3 is 12.1 Å². The Kier molecular flexibility index (Phi) is 4.51. The number of amides is 1. The highest BCUT2D eigenvalue weighted by Gasteiger charge is 2.34. The van der Waals surface area contributed by atoms with Gasteiger partial charge < -0.3 is 14.7 Å². The lowest BCUT2D eigenvalue weighted by Crippen LogP contribution is -2.41. The summed E-state index contributed by atoms with van der Waals surface area (Å²) in [5.41, 5.74) is 6.27. The second-order valence-electron chi connectivity index (χ2n) is 7.77. The minimum absolute atomic E-state index is 0.0197. The smallest absolute Gasteiger partial charge is 0.410 e. The van der Waals surface area contributed by atoms with Crippen LogP contribution in [0.15, 0.2) is 72.8 Å². The summed E-state index contributed by atoms with van der Waals surface area (Å²) in [4.78, 5) is 26.1. The molecule has 0 unspecified atom stereocenters. The Labute approximate surface area is 174 Å². The van der Waals surface area contributed by atoms with E-state index < -0.39 is 18.0 Å². The van der Waals surface area contributed by atoms with Gasteiger partial charge in [-0.3, -0.25) is 4.79 Å². The summed E-state index contributed by atoms with van der Waals surface area (Å²) in [6.07, 6.45) is -0.474. The van der Waals surface area contributed by atoms with Crippen LogP contribution < -0.4 is 0 Å². The maximum atomic E-state index is 12.9. The van der Waals surface area contributed by atoms with Crippen molar-refractivity contribution in [3.05, 3.63) is 95.1 Å². The van der Waals surface area contributed by atoms with E-state index in [4.69, 9.17) is 4.74 Å². The van der Waals surface area contributed by atoms with Gasteiger partial charge in [-0.25, -0.2) is 4.79 Å². The molecule has 150 valence electrons. The predicted octanol–water partition coefficient (Wildman–Crippen LogP) is 4.62. The van der Waals surface area contributed by atoms with E-state index in [1.807, 2.05) is 48.5 Å². The average Bonchev–Trinajstić information content (AvgIpc) is 3.10. The molecule has 0 radical (unpaired) electrons. The minimum Gasteiger partial charge on any atom is -0.481 e. The number of rotatable bonds is 3. The second kappa shape index (κ2) is 7.34. The third kappa shape index (κ3) is 3.03. The number of aliphatic carboxylic acids is 1. The van der Waals surface area contributed by atoms with Gasteiger partial charge in [0.15, 0.2) is 0 Å². The van der Waals surface area contributed by atoms with Gasteiger partial charge in [0.2, 0.25) is 0 Å². The Bertz CT molecular complexity index is 1090. The molecule has 1 aliphatic carbocycles. The van der Waals surface area contributed by atoms with Crippen LogP contribution in [0.3, 0.4) is 0 Å². The quantitative estimate of drug-likeness (QED) is 0.698. The topological polar surface area (TPSA) is 66.8 Å². The molecule has 0 spiro atoms. The summed E-state index contributed by atoms with van der Waals surface area (Å²) in [5, 5.41) is 9.63. The maximum Gasteiger partial charge on any atom is 0.410 e. The van der Waals surface area contributed by atoms with Crippen molar-refractivity contribution in [2.75, 3.05) is 13.2 Å². The molecule has 0 fully saturated rings. The molecule has 1 aliphatic heterocycles. The van der Waals surface area contributed by atoms with Crippen LogP contribution >= 0.6 is 0 Å². The summed E-state index contributed by atoms with van der Waals surface area (Å²) in [5.74, 6) is -1.69. The molecule has 1 atom stereocenters. The number of benzene rings is 3. The summed E-state index contributed by atoms with van der Waals surface area (Å²) in [6.45, 7) is 0.697. The summed E-state index contributed by atoms with van der Waals surface area (Å²) in [7, 11) is 0.